The fourth-order valence-electron chi connectivity index (χ4n) is 2.79. The molecule has 3 N–H and O–H groups in total. The summed E-state index contributed by atoms with van der Waals surface area (Å²) in [4.78, 5) is 0. The molecule has 0 bridgehead atoms. The molecule has 0 aliphatic rings. The van der Waals surface area contributed by atoms with Crippen LogP contribution in [0.2, 0.25) is 0 Å². The van der Waals surface area contributed by atoms with Gasteiger partial charge in [-0.3, -0.25) is 0 Å². The van der Waals surface area contributed by atoms with Crippen molar-refractivity contribution >= 4 is 17.4 Å². The Morgan fingerprint density at radius 3 is 2.32 bits per heavy atom. The predicted octanol–water partition coefficient (Wildman–Crippen LogP) is 5.76. The lowest BCUT2D eigenvalue weighted by Gasteiger charge is -2.12. The zero-order valence-corrected chi connectivity index (χ0v) is 14.8. The summed E-state index contributed by atoms with van der Waals surface area (Å²) in [5.74, 6) is 0. The van der Waals surface area contributed by atoms with Gasteiger partial charge in [0.15, 0.2) is 0 Å². The van der Waals surface area contributed by atoms with E-state index in [4.69, 9.17) is 11.1 Å². The minimum absolute atomic E-state index is 0.915. The van der Waals surface area contributed by atoms with Gasteiger partial charge in [-0.05, 0) is 83.8 Å². The first-order valence-corrected chi connectivity index (χ1v) is 8.23. The maximum absolute atomic E-state index is 7.38. The molecular weight excluding hydrogens is 304 g/mol. The zero-order chi connectivity index (χ0) is 18.2. The van der Waals surface area contributed by atoms with Gasteiger partial charge in [-0.15, -0.1) is 0 Å². The fourth-order valence-corrected chi connectivity index (χ4v) is 2.79. The van der Waals surface area contributed by atoms with Crippen molar-refractivity contribution in [2.45, 2.75) is 13.8 Å². The van der Waals surface area contributed by atoms with Crippen molar-refractivity contribution < 1.29 is 0 Å². The Balaban J connectivity index is 2.73. The van der Waals surface area contributed by atoms with E-state index in [1.807, 2.05) is 19.1 Å². The second kappa shape index (κ2) is 8.65. The van der Waals surface area contributed by atoms with Gasteiger partial charge < -0.3 is 11.1 Å². The molecule has 0 saturated heterocycles. The van der Waals surface area contributed by atoms with Crippen LogP contribution in [0, 0.1) is 12.3 Å². The van der Waals surface area contributed by atoms with Crippen LogP contribution in [0.1, 0.15) is 23.6 Å². The van der Waals surface area contributed by atoms with Gasteiger partial charge >= 0.3 is 0 Å². The lowest BCUT2D eigenvalue weighted by Crippen LogP contribution is -1.91. The molecule has 2 aromatic carbocycles. The van der Waals surface area contributed by atoms with E-state index in [1.54, 1.807) is 18.4 Å². The smallest absolute Gasteiger partial charge is 0.0183 e. The molecule has 25 heavy (non-hydrogen) atoms. The maximum Gasteiger partial charge on any atom is 0.0183 e. The van der Waals surface area contributed by atoms with Crippen molar-refractivity contribution in [2.75, 3.05) is 0 Å². The number of rotatable bonds is 6. The highest BCUT2D eigenvalue weighted by atomic mass is 14.5. The first-order chi connectivity index (χ1) is 12.1. The van der Waals surface area contributed by atoms with E-state index in [2.05, 4.69) is 56.0 Å². The van der Waals surface area contributed by atoms with E-state index in [1.165, 1.54) is 11.8 Å². The third-order valence-corrected chi connectivity index (χ3v) is 4.02. The molecule has 0 amide bonds. The summed E-state index contributed by atoms with van der Waals surface area (Å²) in [6.45, 7) is 7.97. The Hall–Kier alpha value is -3.13. The van der Waals surface area contributed by atoms with Crippen molar-refractivity contribution in [2.24, 2.45) is 5.73 Å². The average molecular weight is 328 g/mol. The summed E-state index contributed by atoms with van der Waals surface area (Å²) in [5.41, 5.74) is 13.2. The summed E-state index contributed by atoms with van der Waals surface area (Å²) < 4.78 is 0. The SMILES string of the molecule is C=C/C(=C\C=N)c1cc(C(/C=C\N)=C/C)cc(-c2cccc(C)c2)c1. The van der Waals surface area contributed by atoms with Crippen molar-refractivity contribution in [3.8, 4) is 11.1 Å². The third-order valence-electron chi connectivity index (χ3n) is 4.02. The van der Waals surface area contributed by atoms with Crippen LogP contribution in [0.25, 0.3) is 22.3 Å². The average Bonchev–Trinajstić information content (AvgIpc) is 2.63. The molecule has 0 atom stereocenters. The standard InChI is InChI=1S/C23H24N2/c1-4-18(9-11-24)21-14-22(19(5-2)10-12-25)16-23(15-21)20-8-6-7-17(3)13-20/h4-16,24H,1,25H2,2-3H3/b12-10-,18-9+,19-5+,24-11?. The van der Waals surface area contributed by atoms with Crippen molar-refractivity contribution in [1.82, 2.24) is 0 Å². The maximum atomic E-state index is 7.38. The molecule has 2 aromatic rings. The summed E-state index contributed by atoms with van der Waals surface area (Å²) in [6.07, 6.45) is 10.3. The molecule has 0 heterocycles. The van der Waals surface area contributed by atoms with Crippen LogP contribution >= 0.6 is 0 Å². The highest BCUT2D eigenvalue weighted by Crippen LogP contribution is 2.30. The zero-order valence-electron chi connectivity index (χ0n) is 14.8. The molecule has 0 aliphatic heterocycles. The van der Waals surface area contributed by atoms with Crippen LogP contribution < -0.4 is 5.73 Å². The number of hydrogen-bond acceptors (Lipinski definition) is 2. The number of aryl methyl sites for hydroxylation is 1. The van der Waals surface area contributed by atoms with Crippen LogP contribution in [0.5, 0.6) is 0 Å². The molecule has 2 rings (SSSR count). The summed E-state index contributed by atoms with van der Waals surface area (Å²) in [6, 6.07) is 14.8. The summed E-state index contributed by atoms with van der Waals surface area (Å²) >= 11 is 0. The van der Waals surface area contributed by atoms with Crippen molar-refractivity contribution in [3.05, 3.63) is 96.2 Å². The second-order valence-corrected chi connectivity index (χ2v) is 5.76. The Morgan fingerprint density at radius 2 is 1.76 bits per heavy atom. The number of hydrogen-bond donors (Lipinski definition) is 2. The van der Waals surface area contributed by atoms with E-state index < -0.39 is 0 Å². The van der Waals surface area contributed by atoms with Crippen LogP contribution in [0.15, 0.2) is 79.5 Å². The van der Waals surface area contributed by atoms with Gasteiger partial charge in [0.25, 0.3) is 0 Å². The van der Waals surface area contributed by atoms with Gasteiger partial charge in [-0.1, -0.05) is 48.6 Å². The normalized spacial score (nSPS) is 12.4. The molecule has 0 radical (unpaired) electrons. The lowest BCUT2D eigenvalue weighted by molar-refractivity contribution is 1.46. The van der Waals surface area contributed by atoms with Gasteiger partial charge in [0, 0.05) is 6.21 Å². The highest BCUT2D eigenvalue weighted by molar-refractivity contribution is 5.90. The van der Waals surface area contributed by atoms with Crippen molar-refractivity contribution in [1.29, 1.82) is 5.41 Å². The van der Waals surface area contributed by atoms with E-state index in [0.717, 1.165) is 33.4 Å². The molecule has 0 aliphatic carbocycles. The largest absolute Gasteiger partial charge is 0.405 e. The van der Waals surface area contributed by atoms with Crippen LogP contribution in [0.3, 0.4) is 0 Å². The Kier molecular flexibility index (Phi) is 6.30. The molecule has 0 fully saturated rings. The fraction of sp³-hybridized carbons (Fsp3) is 0.0870. The van der Waals surface area contributed by atoms with Crippen molar-refractivity contribution in [3.63, 3.8) is 0 Å². The predicted molar refractivity (Wildman–Crippen MR) is 111 cm³/mol. The number of benzene rings is 2. The quantitative estimate of drug-likeness (QED) is 0.514. The second-order valence-electron chi connectivity index (χ2n) is 5.76. The van der Waals surface area contributed by atoms with Gasteiger partial charge in [0.05, 0.1) is 0 Å². The first kappa shape index (κ1) is 18.2. The molecule has 126 valence electrons. The molecule has 0 aromatic heterocycles. The lowest BCUT2D eigenvalue weighted by atomic mass is 9.92. The molecule has 2 heteroatoms. The molecule has 0 spiro atoms. The molecule has 2 nitrogen and oxygen atoms in total. The van der Waals surface area contributed by atoms with Gasteiger partial charge in [-0.25, -0.2) is 0 Å². The number of nitrogens with two attached hydrogens (primary N) is 1. The van der Waals surface area contributed by atoms with Gasteiger partial charge in [0.2, 0.25) is 0 Å². The minimum atomic E-state index is 0.915. The third kappa shape index (κ3) is 4.45. The van der Waals surface area contributed by atoms with Crippen LogP contribution in [-0.2, 0) is 0 Å². The van der Waals surface area contributed by atoms with E-state index >= 15 is 0 Å². The Labute approximate surface area is 150 Å². The van der Waals surface area contributed by atoms with E-state index in [-0.39, 0.29) is 0 Å². The molecular formula is C23H24N2. The molecule has 0 unspecified atom stereocenters. The van der Waals surface area contributed by atoms with Gasteiger partial charge in [-0.2, -0.15) is 0 Å². The number of allylic oxidation sites excluding steroid dienone is 6. The van der Waals surface area contributed by atoms with Crippen LogP contribution in [-0.4, -0.2) is 6.21 Å². The van der Waals surface area contributed by atoms with Crippen LogP contribution in [0.4, 0.5) is 0 Å². The Bertz CT molecular complexity index is 867. The summed E-state index contributed by atoms with van der Waals surface area (Å²) in [7, 11) is 0. The highest BCUT2D eigenvalue weighted by Gasteiger charge is 2.08. The molecule has 0 saturated carbocycles. The van der Waals surface area contributed by atoms with E-state index in [9.17, 15) is 0 Å². The number of nitrogens with one attached hydrogen (secondary N) is 1. The monoisotopic (exact) mass is 328 g/mol. The topological polar surface area (TPSA) is 49.9 Å². The first-order valence-electron chi connectivity index (χ1n) is 8.23. The van der Waals surface area contributed by atoms with E-state index in [0.29, 0.717) is 0 Å². The Morgan fingerprint density at radius 1 is 1.04 bits per heavy atom. The summed E-state index contributed by atoms with van der Waals surface area (Å²) in [5, 5.41) is 7.38. The van der Waals surface area contributed by atoms with Gasteiger partial charge in [0.1, 0.15) is 0 Å². The minimum Gasteiger partial charge on any atom is -0.405 e.